The Labute approximate surface area is 54.5 Å². The van der Waals surface area contributed by atoms with Gasteiger partial charge in [-0.25, -0.2) is 0 Å². The number of allylic oxidation sites excluding steroid dienone is 1. The van der Waals surface area contributed by atoms with E-state index in [1.807, 2.05) is 0 Å². The summed E-state index contributed by atoms with van der Waals surface area (Å²) in [7, 11) is 1.56. The summed E-state index contributed by atoms with van der Waals surface area (Å²) in [6, 6.07) is 0. The van der Waals surface area contributed by atoms with E-state index in [-0.39, 0.29) is 0 Å². The molecule has 0 spiro atoms. The van der Waals surface area contributed by atoms with Gasteiger partial charge in [0.15, 0.2) is 0 Å². The van der Waals surface area contributed by atoms with Crippen molar-refractivity contribution in [1.82, 2.24) is 0 Å². The first kappa shape index (κ1) is 7.75. The number of methoxy groups -OCH3 is 1. The van der Waals surface area contributed by atoms with E-state index < -0.39 is 0 Å². The van der Waals surface area contributed by atoms with Crippen molar-refractivity contribution in [1.29, 1.82) is 0 Å². The predicted octanol–water partition coefficient (Wildman–Crippen LogP) is 0.647. The Hall–Kier alpha value is -1.25. The molecule has 0 unspecified atom stereocenters. The second-order valence-electron chi connectivity index (χ2n) is 1.20. The summed E-state index contributed by atoms with van der Waals surface area (Å²) in [6.07, 6.45) is 7.60. The van der Waals surface area contributed by atoms with Crippen LogP contribution in [0.3, 0.4) is 0 Å². The summed E-state index contributed by atoms with van der Waals surface area (Å²) in [5.74, 6) is 0. The van der Waals surface area contributed by atoms with E-state index in [2.05, 4.69) is 9.73 Å². The Morgan fingerprint density at radius 2 is 2.33 bits per heavy atom. The SMILES string of the molecule is CO/C=C/N=C/C=C\N. The van der Waals surface area contributed by atoms with Gasteiger partial charge in [0.25, 0.3) is 0 Å². The lowest BCUT2D eigenvalue weighted by atomic mass is 10.7. The Morgan fingerprint density at radius 1 is 1.56 bits per heavy atom. The lowest BCUT2D eigenvalue weighted by Gasteiger charge is -1.79. The van der Waals surface area contributed by atoms with Gasteiger partial charge in [0.1, 0.15) is 6.26 Å². The first-order valence-electron chi connectivity index (χ1n) is 2.49. The van der Waals surface area contributed by atoms with Gasteiger partial charge in [0, 0.05) is 6.21 Å². The molecule has 0 aromatic carbocycles. The van der Waals surface area contributed by atoms with Crippen LogP contribution in [0.25, 0.3) is 0 Å². The van der Waals surface area contributed by atoms with Crippen molar-refractivity contribution in [3.8, 4) is 0 Å². The van der Waals surface area contributed by atoms with Crippen molar-refractivity contribution in [2.75, 3.05) is 7.11 Å². The first-order valence-corrected chi connectivity index (χ1v) is 2.49. The monoisotopic (exact) mass is 126 g/mol. The Kier molecular flexibility index (Phi) is 5.81. The zero-order valence-corrected chi connectivity index (χ0v) is 5.32. The molecular formula is C6H10N2O. The van der Waals surface area contributed by atoms with E-state index in [1.54, 1.807) is 19.4 Å². The minimum absolute atomic E-state index is 1.41. The molecule has 9 heavy (non-hydrogen) atoms. The van der Waals surface area contributed by atoms with Gasteiger partial charge >= 0.3 is 0 Å². The van der Waals surface area contributed by atoms with Crippen molar-refractivity contribution in [3.05, 3.63) is 24.7 Å². The maximum Gasteiger partial charge on any atom is 0.101 e. The third kappa shape index (κ3) is 6.75. The molecule has 0 heterocycles. The van der Waals surface area contributed by atoms with Gasteiger partial charge in [-0.15, -0.1) is 0 Å². The summed E-state index contributed by atoms with van der Waals surface area (Å²) in [4.78, 5) is 3.75. The van der Waals surface area contributed by atoms with Gasteiger partial charge in [-0.3, -0.25) is 4.99 Å². The van der Waals surface area contributed by atoms with Crippen molar-refractivity contribution >= 4 is 6.21 Å². The number of nitrogens with two attached hydrogens (primary N) is 1. The van der Waals surface area contributed by atoms with E-state index in [0.717, 1.165) is 0 Å². The number of rotatable bonds is 3. The minimum Gasteiger partial charge on any atom is -0.503 e. The molecule has 2 N–H and O–H groups in total. The maximum atomic E-state index is 5.02. The van der Waals surface area contributed by atoms with Crippen molar-refractivity contribution < 1.29 is 4.74 Å². The summed E-state index contributed by atoms with van der Waals surface area (Å²) in [5, 5.41) is 0. The minimum atomic E-state index is 1.41. The number of hydrogen-bond donors (Lipinski definition) is 1. The highest BCUT2D eigenvalue weighted by molar-refractivity contribution is 5.71. The van der Waals surface area contributed by atoms with Gasteiger partial charge in [0.2, 0.25) is 0 Å². The average molecular weight is 126 g/mol. The molecule has 0 aromatic heterocycles. The van der Waals surface area contributed by atoms with Crippen LogP contribution in [0, 0.1) is 0 Å². The van der Waals surface area contributed by atoms with Crippen LogP contribution in [0.2, 0.25) is 0 Å². The van der Waals surface area contributed by atoms with Crippen molar-refractivity contribution in [3.63, 3.8) is 0 Å². The van der Waals surface area contributed by atoms with Crippen LogP contribution in [0.1, 0.15) is 0 Å². The molecule has 0 bridgehead atoms. The third-order valence-electron chi connectivity index (χ3n) is 0.566. The summed E-state index contributed by atoms with van der Waals surface area (Å²) in [5.41, 5.74) is 5.02. The van der Waals surface area contributed by atoms with Crippen LogP contribution in [0.15, 0.2) is 29.7 Å². The Balaban J connectivity index is 3.35. The summed E-state index contributed by atoms with van der Waals surface area (Å²) < 4.78 is 4.57. The molecule has 50 valence electrons. The van der Waals surface area contributed by atoms with E-state index >= 15 is 0 Å². The quantitative estimate of drug-likeness (QED) is 0.445. The van der Waals surface area contributed by atoms with Gasteiger partial charge in [-0.2, -0.15) is 0 Å². The zero-order valence-electron chi connectivity index (χ0n) is 5.32. The van der Waals surface area contributed by atoms with E-state index in [9.17, 15) is 0 Å². The molecule has 0 radical (unpaired) electrons. The fourth-order valence-electron chi connectivity index (χ4n) is 0.245. The summed E-state index contributed by atoms with van der Waals surface area (Å²) in [6.45, 7) is 0. The molecule has 0 aliphatic heterocycles. The smallest absolute Gasteiger partial charge is 0.101 e. The predicted molar refractivity (Wildman–Crippen MR) is 38.0 cm³/mol. The fraction of sp³-hybridized carbons (Fsp3) is 0.167. The topological polar surface area (TPSA) is 47.6 Å². The standard InChI is InChI=1S/C6H10N2O/c1-9-6-5-8-4-2-3-7/h2-6H,7H2,1H3/b3-2-,6-5+,8-4+. The fourth-order valence-corrected chi connectivity index (χ4v) is 0.245. The highest BCUT2D eigenvalue weighted by Crippen LogP contribution is 1.72. The molecule has 0 aromatic rings. The molecule has 0 atom stereocenters. The lowest BCUT2D eigenvalue weighted by Crippen LogP contribution is -1.75. The molecule has 3 nitrogen and oxygen atoms in total. The van der Waals surface area contributed by atoms with Crippen LogP contribution in [0.5, 0.6) is 0 Å². The summed E-state index contributed by atoms with van der Waals surface area (Å²) >= 11 is 0. The van der Waals surface area contributed by atoms with Gasteiger partial charge in [0.05, 0.1) is 13.3 Å². The lowest BCUT2D eigenvalue weighted by molar-refractivity contribution is 0.337. The van der Waals surface area contributed by atoms with Crippen molar-refractivity contribution in [2.24, 2.45) is 10.7 Å². The van der Waals surface area contributed by atoms with E-state index in [4.69, 9.17) is 5.73 Å². The highest BCUT2D eigenvalue weighted by Gasteiger charge is 1.59. The molecular weight excluding hydrogens is 116 g/mol. The number of nitrogens with zero attached hydrogens (tertiary/aromatic N) is 1. The average Bonchev–Trinajstić information content (AvgIpc) is 1.89. The zero-order chi connectivity index (χ0) is 6.95. The van der Waals surface area contributed by atoms with E-state index in [1.165, 1.54) is 18.7 Å². The maximum absolute atomic E-state index is 5.02. The van der Waals surface area contributed by atoms with Crippen molar-refractivity contribution in [2.45, 2.75) is 0 Å². The van der Waals surface area contributed by atoms with Gasteiger partial charge in [-0.05, 0) is 12.3 Å². The Bertz CT molecular complexity index is 127. The molecule has 0 rings (SSSR count). The molecule has 0 amide bonds. The number of aliphatic imine (C=N–C) groups is 1. The van der Waals surface area contributed by atoms with Crippen LogP contribution in [-0.4, -0.2) is 13.3 Å². The second kappa shape index (κ2) is 6.75. The molecule has 0 aliphatic carbocycles. The van der Waals surface area contributed by atoms with Gasteiger partial charge < -0.3 is 10.5 Å². The third-order valence-corrected chi connectivity index (χ3v) is 0.566. The number of ether oxygens (including phenoxy) is 1. The molecule has 0 fully saturated rings. The molecule has 3 heteroatoms. The van der Waals surface area contributed by atoms with Crippen LogP contribution in [0.4, 0.5) is 0 Å². The van der Waals surface area contributed by atoms with Crippen LogP contribution in [-0.2, 0) is 4.74 Å². The highest BCUT2D eigenvalue weighted by atomic mass is 16.5. The largest absolute Gasteiger partial charge is 0.503 e. The normalized spacial score (nSPS) is 12.1. The first-order chi connectivity index (χ1) is 4.41. The van der Waals surface area contributed by atoms with E-state index in [0.29, 0.717) is 0 Å². The Morgan fingerprint density at radius 3 is 2.89 bits per heavy atom. The second-order valence-corrected chi connectivity index (χ2v) is 1.20. The molecule has 0 saturated heterocycles. The molecule has 0 aliphatic rings. The molecule has 0 saturated carbocycles. The van der Waals surface area contributed by atoms with Crippen LogP contribution >= 0.6 is 0 Å². The van der Waals surface area contributed by atoms with Crippen LogP contribution < -0.4 is 5.73 Å². The van der Waals surface area contributed by atoms with Gasteiger partial charge in [-0.1, -0.05) is 0 Å². The number of hydrogen-bond acceptors (Lipinski definition) is 3.